The first-order valence-electron chi connectivity index (χ1n) is 5.83. The molecule has 1 aromatic carbocycles. The molecule has 1 heterocycles. The zero-order valence-corrected chi connectivity index (χ0v) is 10.7. The SMILES string of the molecule is O=Cc1cc(-c2cccc(C(F)(F)F)n2)cc(C(F)(F)F)c1. The van der Waals surface area contributed by atoms with Crippen LogP contribution in [-0.4, -0.2) is 11.3 Å². The lowest BCUT2D eigenvalue weighted by molar-refractivity contribution is -0.141. The largest absolute Gasteiger partial charge is 0.433 e. The van der Waals surface area contributed by atoms with Gasteiger partial charge in [0.25, 0.3) is 0 Å². The molecule has 8 heteroatoms. The zero-order chi connectivity index (χ0) is 16.5. The van der Waals surface area contributed by atoms with Gasteiger partial charge in [0, 0.05) is 11.1 Å². The average molecular weight is 319 g/mol. The van der Waals surface area contributed by atoms with Gasteiger partial charge >= 0.3 is 12.4 Å². The van der Waals surface area contributed by atoms with Crippen LogP contribution in [0.25, 0.3) is 11.3 Å². The minimum absolute atomic E-state index is 0.187. The molecule has 0 aliphatic heterocycles. The van der Waals surface area contributed by atoms with Crippen LogP contribution in [0.15, 0.2) is 36.4 Å². The number of carbonyl (C=O) groups excluding carboxylic acids is 1. The van der Waals surface area contributed by atoms with Crippen LogP contribution in [0, 0.1) is 0 Å². The first-order chi connectivity index (χ1) is 10.1. The summed E-state index contributed by atoms with van der Waals surface area (Å²) in [7, 11) is 0. The smallest absolute Gasteiger partial charge is 0.298 e. The molecule has 0 fully saturated rings. The Morgan fingerprint density at radius 3 is 2.14 bits per heavy atom. The second-order valence-electron chi connectivity index (χ2n) is 4.37. The van der Waals surface area contributed by atoms with Crippen molar-refractivity contribution in [2.75, 3.05) is 0 Å². The Bertz CT molecular complexity index is 705. The lowest BCUT2D eigenvalue weighted by Gasteiger charge is -2.11. The van der Waals surface area contributed by atoms with Gasteiger partial charge in [0.1, 0.15) is 12.0 Å². The molecule has 2 aromatic rings. The van der Waals surface area contributed by atoms with E-state index in [1.54, 1.807) is 0 Å². The lowest BCUT2D eigenvalue weighted by Crippen LogP contribution is -2.09. The minimum atomic E-state index is -4.73. The third kappa shape index (κ3) is 3.44. The van der Waals surface area contributed by atoms with Crippen LogP contribution in [0.4, 0.5) is 26.3 Å². The summed E-state index contributed by atoms with van der Waals surface area (Å²) >= 11 is 0. The number of alkyl halides is 6. The van der Waals surface area contributed by atoms with Gasteiger partial charge in [-0.05, 0) is 30.3 Å². The molecule has 1 aromatic heterocycles. The van der Waals surface area contributed by atoms with E-state index in [1.807, 2.05) is 0 Å². The fraction of sp³-hybridized carbons (Fsp3) is 0.143. The number of pyridine rings is 1. The molecule has 0 aliphatic carbocycles. The van der Waals surface area contributed by atoms with Crippen LogP contribution in [-0.2, 0) is 12.4 Å². The minimum Gasteiger partial charge on any atom is -0.298 e. The molecule has 0 N–H and O–H groups in total. The van der Waals surface area contributed by atoms with Crippen LogP contribution in [0.5, 0.6) is 0 Å². The lowest BCUT2D eigenvalue weighted by atomic mass is 10.0. The molecule has 0 aliphatic rings. The van der Waals surface area contributed by atoms with Crippen molar-refractivity contribution in [3.8, 4) is 11.3 Å². The standard InChI is InChI=1S/C14H7F6NO/c15-13(16,17)10-5-8(7-22)4-9(6-10)11-2-1-3-12(21-11)14(18,19)20/h1-7H. The Morgan fingerprint density at radius 2 is 1.59 bits per heavy atom. The maximum atomic E-state index is 12.8. The zero-order valence-electron chi connectivity index (χ0n) is 10.7. The van der Waals surface area contributed by atoms with Crippen LogP contribution in [0.3, 0.4) is 0 Å². The highest BCUT2D eigenvalue weighted by molar-refractivity contribution is 5.79. The van der Waals surface area contributed by atoms with E-state index in [0.29, 0.717) is 18.2 Å². The molecular formula is C14H7F6NO. The highest BCUT2D eigenvalue weighted by Gasteiger charge is 2.33. The molecule has 0 bridgehead atoms. The predicted molar refractivity (Wildman–Crippen MR) is 65.1 cm³/mol. The Labute approximate surface area is 120 Å². The van der Waals surface area contributed by atoms with Gasteiger partial charge in [0.05, 0.1) is 11.3 Å². The molecule has 0 saturated carbocycles. The fourth-order valence-corrected chi connectivity index (χ4v) is 1.78. The summed E-state index contributed by atoms with van der Waals surface area (Å²) < 4.78 is 76.1. The first-order valence-corrected chi connectivity index (χ1v) is 5.83. The molecule has 0 unspecified atom stereocenters. The van der Waals surface area contributed by atoms with E-state index >= 15 is 0 Å². The van der Waals surface area contributed by atoms with Crippen molar-refractivity contribution in [2.24, 2.45) is 0 Å². The Morgan fingerprint density at radius 1 is 0.909 bits per heavy atom. The molecule has 22 heavy (non-hydrogen) atoms. The third-order valence-corrected chi connectivity index (χ3v) is 2.75. The number of nitrogens with zero attached hydrogens (tertiary/aromatic N) is 1. The van der Waals surface area contributed by atoms with Gasteiger partial charge in [0.2, 0.25) is 0 Å². The molecule has 116 valence electrons. The van der Waals surface area contributed by atoms with Gasteiger partial charge in [-0.2, -0.15) is 26.3 Å². The number of carbonyl (C=O) groups is 1. The predicted octanol–water partition coefficient (Wildman–Crippen LogP) is 4.60. The molecular weight excluding hydrogens is 312 g/mol. The van der Waals surface area contributed by atoms with E-state index in [4.69, 9.17) is 0 Å². The maximum absolute atomic E-state index is 12.8. The number of aldehydes is 1. The summed E-state index contributed by atoms with van der Waals surface area (Å²) in [6.45, 7) is 0. The van der Waals surface area contributed by atoms with Crippen molar-refractivity contribution in [1.29, 1.82) is 0 Å². The summed E-state index contributed by atoms with van der Waals surface area (Å²) in [6.07, 6.45) is -9.26. The van der Waals surface area contributed by atoms with Gasteiger partial charge in [0.15, 0.2) is 0 Å². The van der Waals surface area contributed by atoms with E-state index < -0.39 is 23.6 Å². The average Bonchev–Trinajstić information content (AvgIpc) is 2.45. The fourth-order valence-electron chi connectivity index (χ4n) is 1.78. The Balaban J connectivity index is 2.60. The van der Waals surface area contributed by atoms with E-state index in [-0.39, 0.29) is 23.1 Å². The second-order valence-corrected chi connectivity index (χ2v) is 4.37. The molecule has 0 radical (unpaired) electrons. The summed E-state index contributed by atoms with van der Waals surface area (Å²) in [4.78, 5) is 14.0. The number of halogens is 6. The number of benzene rings is 1. The van der Waals surface area contributed by atoms with Crippen molar-refractivity contribution in [1.82, 2.24) is 4.98 Å². The quantitative estimate of drug-likeness (QED) is 0.598. The van der Waals surface area contributed by atoms with E-state index in [9.17, 15) is 31.1 Å². The van der Waals surface area contributed by atoms with E-state index in [2.05, 4.69) is 4.98 Å². The summed E-state index contributed by atoms with van der Waals surface area (Å²) in [5.41, 5.74) is -3.18. The van der Waals surface area contributed by atoms with E-state index in [0.717, 1.165) is 18.2 Å². The van der Waals surface area contributed by atoms with Gasteiger partial charge in [-0.1, -0.05) is 6.07 Å². The summed E-state index contributed by atoms with van der Waals surface area (Å²) in [5, 5.41) is 0. The molecule has 0 spiro atoms. The van der Waals surface area contributed by atoms with Crippen molar-refractivity contribution < 1.29 is 31.1 Å². The summed E-state index contributed by atoms with van der Waals surface area (Å²) in [5.74, 6) is 0. The van der Waals surface area contributed by atoms with Gasteiger partial charge in [-0.15, -0.1) is 0 Å². The normalized spacial score (nSPS) is 12.3. The van der Waals surface area contributed by atoms with E-state index in [1.165, 1.54) is 0 Å². The highest BCUT2D eigenvalue weighted by Crippen LogP contribution is 2.34. The summed E-state index contributed by atoms with van der Waals surface area (Å²) in [6, 6.07) is 5.19. The van der Waals surface area contributed by atoms with Crippen LogP contribution < -0.4 is 0 Å². The van der Waals surface area contributed by atoms with Crippen LogP contribution in [0.1, 0.15) is 21.6 Å². The number of hydrogen-bond donors (Lipinski definition) is 0. The molecule has 2 rings (SSSR count). The Hall–Kier alpha value is -2.38. The van der Waals surface area contributed by atoms with Crippen molar-refractivity contribution in [3.63, 3.8) is 0 Å². The topological polar surface area (TPSA) is 30.0 Å². The van der Waals surface area contributed by atoms with Gasteiger partial charge < -0.3 is 0 Å². The third-order valence-electron chi connectivity index (χ3n) is 2.75. The van der Waals surface area contributed by atoms with Crippen LogP contribution >= 0.6 is 0 Å². The van der Waals surface area contributed by atoms with Gasteiger partial charge in [-0.25, -0.2) is 4.98 Å². The van der Waals surface area contributed by atoms with Gasteiger partial charge in [-0.3, -0.25) is 4.79 Å². The molecule has 0 saturated heterocycles. The monoisotopic (exact) mass is 319 g/mol. The Kier molecular flexibility index (Phi) is 3.95. The first kappa shape index (κ1) is 16.0. The number of hydrogen-bond acceptors (Lipinski definition) is 2. The molecule has 0 atom stereocenters. The van der Waals surface area contributed by atoms with Crippen molar-refractivity contribution >= 4 is 6.29 Å². The van der Waals surface area contributed by atoms with Crippen LogP contribution in [0.2, 0.25) is 0 Å². The highest BCUT2D eigenvalue weighted by atomic mass is 19.4. The molecule has 2 nitrogen and oxygen atoms in total. The molecule has 0 amide bonds. The number of aromatic nitrogens is 1. The van der Waals surface area contributed by atoms with Crippen molar-refractivity contribution in [2.45, 2.75) is 12.4 Å². The maximum Gasteiger partial charge on any atom is 0.433 e. The number of rotatable bonds is 2. The van der Waals surface area contributed by atoms with Crippen molar-refractivity contribution in [3.05, 3.63) is 53.2 Å². The second kappa shape index (κ2) is 5.43.